The molecule has 1 aliphatic rings. The van der Waals surface area contributed by atoms with E-state index in [-0.39, 0.29) is 11.8 Å². The molecule has 1 heterocycles. The molecule has 6 heteroatoms. The number of hydrogen-bond acceptors (Lipinski definition) is 4. The summed E-state index contributed by atoms with van der Waals surface area (Å²) in [6, 6.07) is 16.7. The number of anilines is 1. The number of carbonyl (C=O) groups excluding carboxylic acids is 1. The number of benzene rings is 2. The second-order valence-corrected chi connectivity index (χ2v) is 6.72. The predicted octanol–water partition coefficient (Wildman–Crippen LogP) is 3.60. The van der Waals surface area contributed by atoms with Gasteiger partial charge in [0.05, 0.1) is 5.92 Å². The number of hydrogen-bond donors (Lipinski definition) is 2. The number of para-hydroxylation sites is 1. The summed E-state index contributed by atoms with van der Waals surface area (Å²) in [7, 11) is 0. The first-order valence-corrected chi connectivity index (χ1v) is 9.18. The number of piperidine rings is 1. The Morgan fingerprint density at radius 3 is 2.48 bits per heavy atom. The molecule has 142 valence electrons. The first kappa shape index (κ1) is 18.9. The summed E-state index contributed by atoms with van der Waals surface area (Å²) in [6.45, 7) is 1.95. The molecule has 0 bridgehead atoms. The molecule has 1 saturated heterocycles. The molecule has 2 aromatic carbocycles. The molecule has 2 aromatic rings. The van der Waals surface area contributed by atoms with E-state index >= 15 is 0 Å². The maximum absolute atomic E-state index is 12.2. The van der Waals surface area contributed by atoms with Crippen LogP contribution in [0, 0.1) is 5.92 Å². The van der Waals surface area contributed by atoms with Gasteiger partial charge in [-0.05, 0) is 55.8 Å². The molecule has 6 nitrogen and oxygen atoms in total. The molecular formula is C21H24N2O4. The third kappa shape index (κ3) is 5.82. The molecule has 27 heavy (non-hydrogen) atoms. The third-order valence-electron chi connectivity index (χ3n) is 4.63. The lowest BCUT2D eigenvalue weighted by atomic mass is 9.98. The number of amides is 1. The number of aliphatic carboxylic acids is 1. The van der Waals surface area contributed by atoms with E-state index in [1.165, 1.54) is 0 Å². The zero-order valence-corrected chi connectivity index (χ0v) is 15.1. The van der Waals surface area contributed by atoms with Crippen molar-refractivity contribution in [1.82, 2.24) is 4.90 Å². The SMILES string of the molecule is O=C(CCN1CCCC(C(=O)O)C1)Nc1ccc(Oc2ccccc2)cc1. The van der Waals surface area contributed by atoms with Crippen molar-refractivity contribution in [2.24, 2.45) is 5.92 Å². The van der Waals surface area contributed by atoms with Gasteiger partial charge in [0.25, 0.3) is 0 Å². The average Bonchev–Trinajstić information content (AvgIpc) is 2.69. The number of ether oxygens (including phenoxy) is 1. The van der Waals surface area contributed by atoms with Crippen molar-refractivity contribution >= 4 is 17.6 Å². The van der Waals surface area contributed by atoms with Crippen LogP contribution in [-0.2, 0) is 9.59 Å². The Morgan fingerprint density at radius 1 is 1.07 bits per heavy atom. The summed E-state index contributed by atoms with van der Waals surface area (Å²) < 4.78 is 5.73. The largest absolute Gasteiger partial charge is 0.481 e. The summed E-state index contributed by atoms with van der Waals surface area (Å²) >= 11 is 0. The summed E-state index contributed by atoms with van der Waals surface area (Å²) in [5.74, 6) is 0.313. The van der Waals surface area contributed by atoms with Crippen molar-refractivity contribution in [3.63, 3.8) is 0 Å². The Morgan fingerprint density at radius 2 is 1.78 bits per heavy atom. The van der Waals surface area contributed by atoms with Crippen LogP contribution in [0.5, 0.6) is 11.5 Å². The Labute approximate surface area is 158 Å². The van der Waals surface area contributed by atoms with Gasteiger partial charge in [-0.2, -0.15) is 0 Å². The number of rotatable bonds is 7. The van der Waals surface area contributed by atoms with Gasteiger partial charge in [0.1, 0.15) is 11.5 Å². The van der Waals surface area contributed by atoms with E-state index in [9.17, 15) is 9.59 Å². The Balaban J connectivity index is 1.44. The molecule has 0 saturated carbocycles. The fraction of sp³-hybridized carbons (Fsp3) is 0.333. The minimum Gasteiger partial charge on any atom is -0.481 e. The first-order valence-electron chi connectivity index (χ1n) is 9.18. The lowest BCUT2D eigenvalue weighted by Crippen LogP contribution is -2.40. The average molecular weight is 368 g/mol. The number of nitrogens with zero attached hydrogens (tertiary/aromatic N) is 1. The highest BCUT2D eigenvalue weighted by molar-refractivity contribution is 5.90. The van der Waals surface area contributed by atoms with Crippen molar-refractivity contribution in [2.75, 3.05) is 25.0 Å². The molecule has 2 N–H and O–H groups in total. The molecular weight excluding hydrogens is 344 g/mol. The highest BCUT2D eigenvalue weighted by Gasteiger charge is 2.25. The highest BCUT2D eigenvalue weighted by atomic mass is 16.5. The molecule has 1 fully saturated rings. The van der Waals surface area contributed by atoms with E-state index < -0.39 is 5.97 Å². The lowest BCUT2D eigenvalue weighted by molar-refractivity contribution is -0.143. The van der Waals surface area contributed by atoms with Gasteiger partial charge in [-0.15, -0.1) is 0 Å². The minimum absolute atomic E-state index is 0.0795. The van der Waals surface area contributed by atoms with E-state index in [0.29, 0.717) is 30.9 Å². The Bertz CT molecular complexity index is 762. The van der Waals surface area contributed by atoms with Crippen LogP contribution in [0.15, 0.2) is 54.6 Å². The summed E-state index contributed by atoms with van der Waals surface area (Å²) in [5.41, 5.74) is 0.711. The van der Waals surface area contributed by atoms with E-state index in [0.717, 1.165) is 25.1 Å². The van der Waals surface area contributed by atoms with E-state index in [2.05, 4.69) is 10.2 Å². The van der Waals surface area contributed by atoms with Gasteiger partial charge >= 0.3 is 5.97 Å². The summed E-state index contributed by atoms with van der Waals surface area (Å²) in [4.78, 5) is 25.3. The fourth-order valence-corrected chi connectivity index (χ4v) is 3.17. The second-order valence-electron chi connectivity index (χ2n) is 6.72. The zero-order chi connectivity index (χ0) is 19.1. The molecule has 0 aliphatic carbocycles. The van der Waals surface area contributed by atoms with Gasteiger partial charge in [0.15, 0.2) is 0 Å². The Hall–Kier alpha value is -2.86. The fourth-order valence-electron chi connectivity index (χ4n) is 3.17. The van der Waals surface area contributed by atoms with Gasteiger partial charge in [-0.25, -0.2) is 0 Å². The number of nitrogens with one attached hydrogen (secondary N) is 1. The minimum atomic E-state index is -0.748. The molecule has 1 amide bonds. The van der Waals surface area contributed by atoms with Crippen molar-refractivity contribution < 1.29 is 19.4 Å². The lowest BCUT2D eigenvalue weighted by Gasteiger charge is -2.30. The normalized spacial score (nSPS) is 17.3. The van der Waals surface area contributed by atoms with Gasteiger partial charge in [-0.1, -0.05) is 18.2 Å². The smallest absolute Gasteiger partial charge is 0.307 e. The molecule has 0 aromatic heterocycles. The van der Waals surface area contributed by atoms with E-state index in [4.69, 9.17) is 9.84 Å². The van der Waals surface area contributed by atoms with Crippen molar-refractivity contribution in [3.05, 3.63) is 54.6 Å². The standard InChI is InChI=1S/C21H24N2O4/c24-20(12-14-23-13-4-5-16(15-23)21(25)26)22-17-8-10-19(11-9-17)27-18-6-2-1-3-7-18/h1-3,6-11,16H,4-5,12-15H2,(H,22,24)(H,25,26). The predicted molar refractivity (Wildman–Crippen MR) is 103 cm³/mol. The summed E-state index contributed by atoms with van der Waals surface area (Å²) in [6.07, 6.45) is 1.92. The number of likely N-dealkylation sites (tertiary alicyclic amines) is 1. The second kappa shape index (κ2) is 9.19. The van der Waals surface area contributed by atoms with Crippen LogP contribution in [0.25, 0.3) is 0 Å². The van der Waals surface area contributed by atoms with E-state index in [1.54, 1.807) is 12.1 Å². The Kier molecular flexibility index (Phi) is 6.44. The third-order valence-corrected chi connectivity index (χ3v) is 4.63. The monoisotopic (exact) mass is 368 g/mol. The number of carboxylic acid groups (broad SMARTS) is 1. The maximum atomic E-state index is 12.2. The summed E-state index contributed by atoms with van der Waals surface area (Å²) in [5, 5.41) is 12.0. The quantitative estimate of drug-likeness (QED) is 0.781. The van der Waals surface area contributed by atoms with Crippen LogP contribution in [0.3, 0.4) is 0 Å². The van der Waals surface area contributed by atoms with Crippen LogP contribution in [0.4, 0.5) is 5.69 Å². The van der Waals surface area contributed by atoms with Gasteiger partial charge < -0.3 is 20.1 Å². The van der Waals surface area contributed by atoms with E-state index in [1.807, 2.05) is 42.5 Å². The molecule has 0 radical (unpaired) electrons. The van der Waals surface area contributed by atoms with Crippen LogP contribution < -0.4 is 10.1 Å². The molecule has 1 atom stereocenters. The van der Waals surface area contributed by atoms with Gasteiger partial charge in [0.2, 0.25) is 5.91 Å². The molecule has 1 unspecified atom stereocenters. The molecule has 3 rings (SSSR count). The van der Waals surface area contributed by atoms with Gasteiger partial charge in [0, 0.05) is 25.2 Å². The van der Waals surface area contributed by atoms with Gasteiger partial charge in [-0.3, -0.25) is 9.59 Å². The maximum Gasteiger partial charge on any atom is 0.307 e. The molecule has 1 aliphatic heterocycles. The molecule has 0 spiro atoms. The number of carboxylic acids is 1. The van der Waals surface area contributed by atoms with Crippen LogP contribution in [0.2, 0.25) is 0 Å². The van der Waals surface area contributed by atoms with Crippen molar-refractivity contribution in [2.45, 2.75) is 19.3 Å². The number of carbonyl (C=O) groups is 2. The van der Waals surface area contributed by atoms with Crippen LogP contribution in [-0.4, -0.2) is 41.5 Å². The van der Waals surface area contributed by atoms with Crippen LogP contribution in [0.1, 0.15) is 19.3 Å². The van der Waals surface area contributed by atoms with Crippen molar-refractivity contribution in [3.8, 4) is 11.5 Å². The van der Waals surface area contributed by atoms with Crippen LogP contribution >= 0.6 is 0 Å². The highest BCUT2D eigenvalue weighted by Crippen LogP contribution is 2.23. The zero-order valence-electron chi connectivity index (χ0n) is 15.1. The van der Waals surface area contributed by atoms with Crippen molar-refractivity contribution in [1.29, 1.82) is 0 Å². The topological polar surface area (TPSA) is 78.9 Å². The first-order chi connectivity index (χ1) is 13.1.